The fraction of sp³-hybridized carbons (Fsp3) is 0.100. The van der Waals surface area contributed by atoms with Gasteiger partial charge in [-0.3, -0.25) is 0 Å². The second-order valence-electron chi connectivity index (χ2n) is 10.7. The van der Waals surface area contributed by atoms with E-state index in [-0.39, 0.29) is 0 Å². The van der Waals surface area contributed by atoms with Crippen molar-refractivity contribution in [2.45, 2.75) is 26.2 Å². The Balaban J connectivity index is 1.47. The van der Waals surface area contributed by atoms with E-state index in [0.717, 1.165) is 19.3 Å². The Labute approximate surface area is 237 Å². The summed E-state index contributed by atoms with van der Waals surface area (Å²) in [5.41, 5.74) is 13.1. The average Bonchev–Trinajstić information content (AvgIpc) is 3.03. The van der Waals surface area contributed by atoms with Gasteiger partial charge in [0.25, 0.3) is 0 Å². The molecule has 0 radical (unpaired) electrons. The van der Waals surface area contributed by atoms with Crippen molar-refractivity contribution in [2.24, 2.45) is 0 Å². The summed E-state index contributed by atoms with van der Waals surface area (Å²) in [5.74, 6) is 0. The second-order valence-corrected chi connectivity index (χ2v) is 10.7. The first-order valence-electron chi connectivity index (χ1n) is 14.3. The molecule has 0 atom stereocenters. The maximum absolute atomic E-state index is 4.07. The zero-order chi connectivity index (χ0) is 27.1. The maximum Gasteiger partial charge on any atom is -0.00295 e. The van der Waals surface area contributed by atoms with Crippen molar-refractivity contribution in [3.05, 3.63) is 144 Å². The SMILES string of the molecule is C=Cc1cc(-c2cccc(-c3c4c(c(-c5ccc6ccccc6c5)c5ccccc35)C=CCC4)c2)ccc1CC. The van der Waals surface area contributed by atoms with E-state index in [1.807, 2.05) is 6.08 Å². The van der Waals surface area contributed by atoms with Crippen LogP contribution in [0.4, 0.5) is 0 Å². The summed E-state index contributed by atoms with van der Waals surface area (Å²) >= 11 is 0. The van der Waals surface area contributed by atoms with Gasteiger partial charge in [-0.15, -0.1) is 0 Å². The molecule has 0 heteroatoms. The first-order valence-corrected chi connectivity index (χ1v) is 14.3. The molecule has 0 aliphatic heterocycles. The number of hydrogen-bond acceptors (Lipinski definition) is 0. The van der Waals surface area contributed by atoms with Gasteiger partial charge in [0.05, 0.1) is 0 Å². The lowest BCUT2D eigenvalue weighted by atomic mass is 9.79. The van der Waals surface area contributed by atoms with Gasteiger partial charge in [-0.05, 0) is 115 Å². The molecular weight excluding hydrogens is 480 g/mol. The second kappa shape index (κ2) is 10.1. The van der Waals surface area contributed by atoms with Crippen LogP contribution in [0.5, 0.6) is 0 Å². The van der Waals surface area contributed by atoms with E-state index in [4.69, 9.17) is 0 Å². The van der Waals surface area contributed by atoms with Crippen LogP contribution in [0, 0.1) is 0 Å². The monoisotopic (exact) mass is 512 g/mol. The number of rotatable bonds is 5. The number of aryl methyl sites for hydroxylation is 1. The lowest BCUT2D eigenvalue weighted by molar-refractivity contribution is 0.991. The highest BCUT2D eigenvalue weighted by Gasteiger charge is 2.22. The summed E-state index contributed by atoms with van der Waals surface area (Å²) < 4.78 is 0. The van der Waals surface area contributed by atoms with Crippen molar-refractivity contribution in [1.29, 1.82) is 0 Å². The van der Waals surface area contributed by atoms with Gasteiger partial charge in [0.1, 0.15) is 0 Å². The van der Waals surface area contributed by atoms with Crippen LogP contribution in [0.25, 0.3) is 67.1 Å². The molecule has 0 aromatic heterocycles. The number of fused-ring (bicyclic) bond motifs is 3. The molecule has 0 bridgehead atoms. The average molecular weight is 513 g/mol. The number of benzene rings is 6. The zero-order valence-electron chi connectivity index (χ0n) is 23.0. The minimum Gasteiger partial charge on any atom is -0.0985 e. The molecule has 0 heterocycles. The van der Waals surface area contributed by atoms with Crippen molar-refractivity contribution in [1.82, 2.24) is 0 Å². The molecule has 40 heavy (non-hydrogen) atoms. The topological polar surface area (TPSA) is 0 Å². The van der Waals surface area contributed by atoms with Crippen LogP contribution in [0.15, 0.2) is 122 Å². The first kappa shape index (κ1) is 24.4. The summed E-state index contributed by atoms with van der Waals surface area (Å²) in [6.45, 7) is 6.27. The zero-order valence-corrected chi connectivity index (χ0v) is 23.0. The molecular formula is C40H32. The Morgan fingerprint density at radius 3 is 2.17 bits per heavy atom. The van der Waals surface area contributed by atoms with Crippen LogP contribution in [-0.4, -0.2) is 0 Å². The van der Waals surface area contributed by atoms with E-state index >= 15 is 0 Å². The predicted octanol–water partition coefficient (Wildman–Crippen LogP) is 11.2. The van der Waals surface area contributed by atoms with Gasteiger partial charge >= 0.3 is 0 Å². The lowest BCUT2D eigenvalue weighted by Crippen LogP contribution is -2.02. The van der Waals surface area contributed by atoms with Crippen LogP contribution >= 0.6 is 0 Å². The van der Waals surface area contributed by atoms with Gasteiger partial charge in [-0.2, -0.15) is 0 Å². The fourth-order valence-electron chi connectivity index (χ4n) is 6.51. The van der Waals surface area contributed by atoms with Gasteiger partial charge in [0.2, 0.25) is 0 Å². The Morgan fingerprint density at radius 1 is 0.650 bits per heavy atom. The van der Waals surface area contributed by atoms with Crippen molar-refractivity contribution >= 4 is 33.7 Å². The molecule has 7 rings (SSSR count). The first-order chi connectivity index (χ1) is 19.7. The van der Waals surface area contributed by atoms with Gasteiger partial charge in [-0.25, -0.2) is 0 Å². The van der Waals surface area contributed by atoms with Gasteiger partial charge < -0.3 is 0 Å². The Hall–Kier alpha value is -4.68. The molecule has 0 saturated carbocycles. The summed E-state index contributed by atoms with van der Waals surface area (Å²) in [5, 5.41) is 5.19. The van der Waals surface area contributed by atoms with Crippen molar-refractivity contribution in [2.75, 3.05) is 0 Å². The Kier molecular flexibility index (Phi) is 6.17. The summed E-state index contributed by atoms with van der Waals surface area (Å²) in [4.78, 5) is 0. The molecule has 0 saturated heterocycles. The van der Waals surface area contributed by atoms with Crippen LogP contribution in [0.2, 0.25) is 0 Å². The third kappa shape index (κ3) is 4.08. The van der Waals surface area contributed by atoms with Gasteiger partial charge in [-0.1, -0.05) is 123 Å². The van der Waals surface area contributed by atoms with Crippen molar-refractivity contribution < 1.29 is 0 Å². The van der Waals surface area contributed by atoms with E-state index in [2.05, 4.69) is 135 Å². The van der Waals surface area contributed by atoms with Crippen molar-refractivity contribution in [3.63, 3.8) is 0 Å². The Bertz CT molecular complexity index is 1950. The van der Waals surface area contributed by atoms with E-state index in [9.17, 15) is 0 Å². The minimum absolute atomic E-state index is 1.01. The third-order valence-electron chi connectivity index (χ3n) is 8.48. The molecule has 0 spiro atoms. The molecule has 0 nitrogen and oxygen atoms in total. The molecule has 0 amide bonds. The molecule has 0 fully saturated rings. The maximum atomic E-state index is 4.07. The fourth-order valence-corrected chi connectivity index (χ4v) is 6.51. The lowest BCUT2D eigenvalue weighted by Gasteiger charge is -2.24. The van der Waals surface area contributed by atoms with Gasteiger partial charge in [0, 0.05) is 0 Å². The quantitative estimate of drug-likeness (QED) is 0.215. The predicted molar refractivity (Wildman–Crippen MR) is 175 cm³/mol. The van der Waals surface area contributed by atoms with Crippen LogP contribution < -0.4 is 0 Å². The number of hydrogen-bond donors (Lipinski definition) is 0. The Morgan fingerprint density at radius 2 is 1.35 bits per heavy atom. The number of allylic oxidation sites excluding steroid dienone is 1. The van der Waals surface area contributed by atoms with Crippen LogP contribution in [-0.2, 0) is 12.8 Å². The normalized spacial score (nSPS) is 12.5. The highest BCUT2D eigenvalue weighted by Crippen LogP contribution is 2.45. The molecule has 0 N–H and O–H groups in total. The summed E-state index contributed by atoms with van der Waals surface area (Å²) in [6.07, 6.45) is 9.81. The van der Waals surface area contributed by atoms with E-state index in [1.54, 1.807) is 0 Å². The van der Waals surface area contributed by atoms with E-state index in [1.165, 1.54) is 77.2 Å². The van der Waals surface area contributed by atoms with Crippen LogP contribution in [0.3, 0.4) is 0 Å². The van der Waals surface area contributed by atoms with Crippen molar-refractivity contribution in [3.8, 4) is 33.4 Å². The highest BCUT2D eigenvalue weighted by atomic mass is 14.2. The molecule has 1 aliphatic rings. The molecule has 1 aliphatic carbocycles. The molecule has 192 valence electrons. The molecule has 0 unspecified atom stereocenters. The smallest absolute Gasteiger partial charge is 0.00295 e. The minimum atomic E-state index is 1.01. The van der Waals surface area contributed by atoms with E-state index in [0.29, 0.717) is 0 Å². The van der Waals surface area contributed by atoms with E-state index < -0.39 is 0 Å². The molecule has 6 aromatic carbocycles. The van der Waals surface area contributed by atoms with Gasteiger partial charge in [0.15, 0.2) is 0 Å². The largest absolute Gasteiger partial charge is 0.0985 e. The van der Waals surface area contributed by atoms with Crippen LogP contribution in [0.1, 0.15) is 35.6 Å². The molecule has 6 aromatic rings. The summed E-state index contributed by atoms with van der Waals surface area (Å²) in [6, 6.07) is 40.4. The standard InChI is InChI=1S/C40H32/c1-3-27-20-22-32(24-28(27)4-2)31-14-11-15-33(26-31)39-35-16-7-9-18-37(35)40(38-19-10-8-17-36(38)39)34-23-21-29-12-5-6-13-30(29)25-34/h4-7,9-16,18-26H,2-3,8,17H2,1H3. The summed E-state index contributed by atoms with van der Waals surface area (Å²) in [7, 11) is 0. The third-order valence-corrected chi connectivity index (χ3v) is 8.48. The highest BCUT2D eigenvalue weighted by molar-refractivity contribution is 6.11.